The molecule has 0 amide bonds. The van der Waals surface area contributed by atoms with Gasteiger partial charge in [0, 0.05) is 22.8 Å². The molecule has 1 aliphatic rings. The average Bonchev–Trinajstić information content (AvgIpc) is 2.86. The predicted molar refractivity (Wildman–Crippen MR) is 143 cm³/mol. The maximum absolute atomic E-state index is 11.4. The molecule has 178 valence electrons. The van der Waals surface area contributed by atoms with E-state index >= 15 is 0 Å². The molecule has 0 spiro atoms. The van der Waals surface area contributed by atoms with Crippen LogP contribution < -0.4 is 0 Å². The Kier molecular flexibility index (Phi) is 10.4. The van der Waals surface area contributed by atoms with Crippen molar-refractivity contribution in [2.75, 3.05) is 0 Å². The van der Waals surface area contributed by atoms with E-state index < -0.39 is 20.8 Å². The van der Waals surface area contributed by atoms with E-state index in [0.29, 0.717) is 17.7 Å². The molecule has 3 aromatic carbocycles. The monoisotopic (exact) mass is 571 g/mol. The van der Waals surface area contributed by atoms with E-state index in [9.17, 15) is 5.11 Å². The quantitative estimate of drug-likeness (QED) is 0.304. The molecule has 0 aliphatic heterocycles. The third kappa shape index (κ3) is 6.84. The van der Waals surface area contributed by atoms with E-state index in [-0.39, 0.29) is 5.41 Å². The van der Waals surface area contributed by atoms with Crippen LogP contribution in [0.5, 0.6) is 5.75 Å². The molecule has 2 atom stereocenters. The van der Waals surface area contributed by atoms with E-state index in [0.717, 1.165) is 28.7 Å². The van der Waals surface area contributed by atoms with Gasteiger partial charge in [-0.3, -0.25) is 4.99 Å². The van der Waals surface area contributed by atoms with E-state index in [1.54, 1.807) is 0 Å². The molecule has 1 aliphatic carbocycles. The number of rotatable bonds is 5. The van der Waals surface area contributed by atoms with Crippen LogP contribution in [0.1, 0.15) is 63.1 Å². The standard InChI is InChI=1S/C29H33NO.2ClH.Zr/c1-21-12-10-11-17-27(21)30-20-24-18-23(22-13-6-4-7-14-22)19-26(28(24)31)29(2,3)25-15-8-5-9-16-25;;;/h4-9,13-16,18-21,27,31H,10-12,17H2,1-3H3;2*1H;/q;;;+2/p-2. The van der Waals surface area contributed by atoms with Crippen molar-refractivity contribution in [1.29, 1.82) is 0 Å². The number of hydrogen-bond donors (Lipinski definition) is 1. The van der Waals surface area contributed by atoms with Crippen LogP contribution in [0.15, 0.2) is 77.8 Å². The number of hydrogen-bond acceptors (Lipinski definition) is 2. The summed E-state index contributed by atoms with van der Waals surface area (Å²) >= 11 is -0.826. The second-order valence-electron chi connectivity index (χ2n) is 9.50. The van der Waals surface area contributed by atoms with Crippen molar-refractivity contribution < 1.29 is 26.0 Å². The summed E-state index contributed by atoms with van der Waals surface area (Å²) in [6.45, 7) is 6.65. The van der Waals surface area contributed by atoms with E-state index in [2.05, 4.69) is 81.4 Å². The Morgan fingerprint density at radius 2 is 1.50 bits per heavy atom. The van der Waals surface area contributed by atoms with Gasteiger partial charge in [-0.1, -0.05) is 94.3 Å². The number of phenols is 1. The summed E-state index contributed by atoms with van der Waals surface area (Å²) in [5.41, 5.74) is 4.83. The molecule has 2 nitrogen and oxygen atoms in total. The summed E-state index contributed by atoms with van der Waals surface area (Å²) in [4.78, 5) is 4.94. The van der Waals surface area contributed by atoms with Crippen LogP contribution in [0.3, 0.4) is 0 Å². The van der Waals surface area contributed by atoms with Crippen molar-refractivity contribution in [2.24, 2.45) is 10.9 Å². The van der Waals surface area contributed by atoms with Crippen molar-refractivity contribution in [3.05, 3.63) is 89.5 Å². The number of halogens is 2. The van der Waals surface area contributed by atoms with Crippen LogP contribution >= 0.6 is 17.0 Å². The Morgan fingerprint density at radius 1 is 0.912 bits per heavy atom. The van der Waals surface area contributed by atoms with Gasteiger partial charge in [0.1, 0.15) is 5.75 Å². The van der Waals surface area contributed by atoms with Gasteiger partial charge in [0.05, 0.1) is 6.04 Å². The van der Waals surface area contributed by atoms with Crippen molar-refractivity contribution >= 4 is 23.2 Å². The van der Waals surface area contributed by atoms with Crippen molar-refractivity contribution in [2.45, 2.75) is 57.9 Å². The third-order valence-electron chi connectivity index (χ3n) is 6.89. The Labute approximate surface area is 223 Å². The SMILES string of the molecule is CC1CCCCC1N=Cc1cc(-c2ccccc2)cc(C(C)(C)c2ccccc2)c1O.[Cl][Zr][Cl]. The number of aliphatic imine (C=N–C) groups is 1. The van der Waals surface area contributed by atoms with Crippen molar-refractivity contribution in [3.8, 4) is 16.9 Å². The first-order valence-electron chi connectivity index (χ1n) is 11.9. The molecule has 3 aromatic rings. The van der Waals surface area contributed by atoms with Gasteiger partial charge in [-0.05, 0) is 47.6 Å². The molecule has 1 N–H and O–H groups in total. The molecule has 2 unspecified atom stereocenters. The van der Waals surface area contributed by atoms with Crippen LogP contribution in [-0.4, -0.2) is 17.4 Å². The minimum atomic E-state index is -0.826. The normalized spacial score (nSPS) is 18.3. The first-order chi connectivity index (χ1) is 16.4. The molecule has 0 radical (unpaired) electrons. The minimum absolute atomic E-state index is 0.334. The number of nitrogens with zero attached hydrogens (tertiary/aromatic N) is 1. The Morgan fingerprint density at radius 3 is 2.12 bits per heavy atom. The summed E-state index contributed by atoms with van der Waals surface area (Å²) in [6.07, 6.45) is 6.84. The Bertz CT molecular complexity index is 1070. The van der Waals surface area contributed by atoms with Gasteiger partial charge < -0.3 is 5.11 Å². The number of benzene rings is 3. The first kappa shape index (κ1) is 27.2. The third-order valence-corrected chi connectivity index (χ3v) is 6.89. The molecule has 1 saturated carbocycles. The topological polar surface area (TPSA) is 32.6 Å². The van der Waals surface area contributed by atoms with Gasteiger partial charge in [-0.15, -0.1) is 0 Å². The van der Waals surface area contributed by atoms with Gasteiger partial charge in [0.15, 0.2) is 0 Å². The molecule has 5 heteroatoms. The predicted octanol–water partition coefficient (Wildman–Crippen LogP) is 8.76. The van der Waals surface area contributed by atoms with Gasteiger partial charge in [-0.25, -0.2) is 0 Å². The zero-order valence-electron chi connectivity index (χ0n) is 20.1. The maximum atomic E-state index is 11.4. The first-order valence-corrected chi connectivity index (χ1v) is 18.2. The van der Waals surface area contributed by atoms with E-state index in [4.69, 9.17) is 22.0 Å². The Hall–Kier alpha value is -1.41. The van der Waals surface area contributed by atoms with Gasteiger partial charge in [0.2, 0.25) is 0 Å². The molecule has 0 heterocycles. The molecule has 1 fully saturated rings. The van der Waals surface area contributed by atoms with Gasteiger partial charge in [0.25, 0.3) is 0 Å². The number of aromatic hydroxyl groups is 1. The van der Waals surface area contributed by atoms with Crippen LogP contribution in [-0.2, 0) is 26.3 Å². The summed E-state index contributed by atoms with van der Waals surface area (Å²) in [6, 6.07) is 25.4. The fourth-order valence-electron chi connectivity index (χ4n) is 4.73. The van der Waals surface area contributed by atoms with Crippen LogP contribution in [0, 0.1) is 5.92 Å². The summed E-state index contributed by atoms with van der Waals surface area (Å²) in [7, 11) is 9.87. The molecule has 34 heavy (non-hydrogen) atoms. The van der Waals surface area contributed by atoms with Gasteiger partial charge >= 0.3 is 37.9 Å². The second kappa shape index (κ2) is 13.1. The van der Waals surface area contributed by atoms with Crippen molar-refractivity contribution in [1.82, 2.24) is 0 Å². The van der Waals surface area contributed by atoms with E-state index in [1.165, 1.54) is 24.8 Å². The molecule has 0 bridgehead atoms. The zero-order valence-corrected chi connectivity index (χ0v) is 24.1. The van der Waals surface area contributed by atoms with Crippen LogP contribution in [0.2, 0.25) is 0 Å². The molecular formula is C29H33Cl2NOZr. The second-order valence-corrected chi connectivity index (χ2v) is 13.2. The number of phenolic OH excluding ortho intramolecular Hbond substituents is 1. The average molecular weight is 574 g/mol. The van der Waals surface area contributed by atoms with Crippen LogP contribution in [0.25, 0.3) is 11.1 Å². The van der Waals surface area contributed by atoms with Crippen molar-refractivity contribution in [3.63, 3.8) is 0 Å². The van der Waals surface area contributed by atoms with E-state index in [1.807, 2.05) is 18.3 Å². The van der Waals surface area contributed by atoms with Gasteiger partial charge in [-0.2, -0.15) is 0 Å². The van der Waals surface area contributed by atoms with Crippen LogP contribution in [0.4, 0.5) is 0 Å². The zero-order chi connectivity index (χ0) is 24.6. The summed E-state index contributed by atoms with van der Waals surface area (Å²) in [5, 5.41) is 11.4. The summed E-state index contributed by atoms with van der Waals surface area (Å²) < 4.78 is 0. The molecule has 0 aromatic heterocycles. The molecule has 0 saturated heterocycles. The fraction of sp³-hybridized carbons (Fsp3) is 0.345. The summed E-state index contributed by atoms with van der Waals surface area (Å²) in [5.74, 6) is 0.936. The fourth-order valence-corrected chi connectivity index (χ4v) is 4.73. The molecular weight excluding hydrogens is 540 g/mol. The Balaban J connectivity index is 0.00000103. The molecule has 4 rings (SSSR count).